The van der Waals surface area contributed by atoms with Gasteiger partial charge in [-0.05, 0) is 56.0 Å². The summed E-state index contributed by atoms with van der Waals surface area (Å²) in [5.74, 6) is 1.75. The van der Waals surface area contributed by atoms with Crippen molar-refractivity contribution in [2.24, 2.45) is 18.0 Å². The minimum absolute atomic E-state index is 0.0467. The highest BCUT2D eigenvalue weighted by atomic mass is 16.5. The fourth-order valence-corrected chi connectivity index (χ4v) is 4.48. The third-order valence-electron chi connectivity index (χ3n) is 6.42. The van der Waals surface area contributed by atoms with Gasteiger partial charge in [0.25, 0.3) is 0 Å². The lowest BCUT2D eigenvalue weighted by molar-refractivity contribution is -0.132. The van der Waals surface area contributed by atoms with Gasteiger partial charge in [0.2, 0.25) is 5.91 Å². The highest BCUT2D eigenvalue weighted by molar-refractivity contribution is 6.15. The number of hydrogen-bond donors (Lipinski definition) is 0. The standard InChI is InChI=1S/C25H29N3O4/c1-27-13-12-21-22(29)16-19(26-25(21)27)4-3-5-23(30)28-14-10-18(11-15-28)24(31)17-6-8-20(32-2)9-7-17/h6-9,12-13,18H,3-5,10-11,14-16H2,1-2H3. The van der Waals surface area contributed by atoms with Crippen molar-refractivity contribution in [2.75, 3.05) is 20.2 Å². The molecule has 168 valence electrons. The van der Waals surface area contributed by atoms with E-state index in [2.05, 4.69) is 4.99 Å². The van der Waals surface area contributed by atoms with Crippen LogP contribution in [0.4, 0.5) is 5.82 Å². The first-order chi connectivity index (χ1) is 15.5. The van der Waals surface area contributed by atoms with E-state index in [1.54, 1.807) is 31.4 Å². The van der Waals surface area contributed by atoms with Gasteiger partial charge in [0.15, 0.2) is 11.6 Å². The van der Waals surface area contributed by atoms with Gasteiger partial charge in [0.1, 0.15) is 11.6 Å². The van der Waals surface area contributed by atoms with Crippen molar-refractivity contribution >= 4 is 29.0 Å². The van der Waals surface area contributed by atoms with Crippen molar-refractivity contribution < 1.29 is 19.1 Å². The molecule has 7 heteroatoms. The van der Waals surface area contributed by atoms with Crippen molar-refractivity contribution in [3.63, 3.8) is 0 Å². The van der Waals surface area contributed by atoms with Crippen LogP contribution in [-0.2, 0) is 11.8 Å². The third-order valence-corrected chi connectivity index (χ3v) is 6.42. The number of Topliss-reactive ketones (excluding diaryl/α,β-unsaturated/α-hetero) is 2. The van der Waals surface area contributed by atoms with Crippen molar-refractivity contribution in [1.29, 1.82) is 0 Å². The van der Waals surface area contributed by atoms with E-state index in [1.807, 2.05) is 28.8 Å². The smallest absolute Gasteiger partial charge is 0.222 e. The number of ether oxygens (including phenoxy) is 1. The summed E-state index contributed by atoms with van der Waals surface area (Å²) in [5.41, 5.74) is 2.22. The van der Waals surface area contributed by atoms with Crippen LogP contribution in [0.3, 0.4) is 0 Å². The summed E-state index contributed by atoms with van der Waals surface area (Å²) >= 11 is 0. The first-order valence-electron chi connectivity index (χ1n) is 11.2. The number of likely N-dealkylation sites (tertiary alicyclic amines) is 1. The number of ketones is 2. The minimum Gasteiger partial charge on any atom is -0.497 e. The van der Waals surface area contributed by atoms with Gasteiger partial charge in [-0.25, -0.2) is 4.99 Å². The van der Waals surface area contributed by atoms with Crippen LogP contribution in [0.15, 0.2) is 41.5 Å². The molecule has 3 heterocycles. The van der Waals surface area contributed by atoms with Gasteiger partial charge in [-0.1, -0.05) is 0 Å². The molecule has 1 aromatic heterocycles. The van der Waals surface area contributed by atoms with Gasteiger partial charge in [0.05, 0.1) is 12.7 Å². The molecular formula is C25H29N3O4. The second-order valence-corrected chi connectivity index (χ2v) is 8.54. The van der Waals surface area contributed by atoms with E-state index in [-0.39, 0.29) is 23.4 Å². The molecule has 1 amide bonds. The summed E-state index contributed by atoms with van der Waals surface area (Å²) in [6, 6.07) is 9.01. The number of carbonyl (C=O) groups excluding carboxylic acids is 3. The summed E-state index contributed by atoms with van der Waals surface area (Å²) in [7, 11) is 3.48. The second-order valence-electron chi connectivity index (χ2n) is 8.54. The van der Waals surface area contributed by atoms with Crippen molar-refractivity contribution in [2.45, 2.75) is 38.5 Å². The SMILES string of the molecule is COc1ccc(C(=O)C2CCN(C(=O)CCCC3=Nc4c(ccn4C)C(=O)C3)CC2)cc1. The van der Waals surface area contributed by atoms with Crippen molar-refractivity contribution in [1.82, 2.24) is 9.47 Å². The number of benzene rings is 1. The Kier molecular flexibility index (Phi) is 6.53. The molecule has 1 aromatic carbocycles. The lowest BCUT2D eigenvalue weighted by Gasteiger charge is -2.31. The van der Waals surface area contributed by atoms with Gasteiger partial charge in [0, 0.05) is 56.4 Å². The van der Waals surface area contributed by atoms with Gasteiger partial charge in [-0.2, -0.15) is 0 Å². The summed E-state index contributed by atoms with van der Waals surface area (Å²) in [5, 5.41) is 0. The molecule has 0 bridgehead atoms. The lowest BCUT2D eigenvalue weighted by atomic mass is 9.88. The van der Waals surface area contributed by atoms with Crippen LogP contribution in [0.1, 0.15) is 59.2 Å². The first kappa shape index (κ1) is 22.0. The van der Waals surface area contributed by atoms with Gasteiger partial charge < -0.3 is 14.2 Å². The van der Waals surface area contributed by atoms with Crippen molar-refractivity contribution in [3.8, 4) is 5.75 Å². The van der Waals surface area contributed by atoms with E-state index in [9.17, 15) is 14.4 Å². The molecule has 7 nitrogen and oxygen atoms in total. The molecule has 0 unspecified atom stereocenters. The maximum atomic E-state index is 12.8. The van der Waals surface area contributed by atoms with Crippen molar-refractivity contribution in [3.05, 3.63) is 47.7 Å². The number of aliphatic imine (C=N–C) groups is 1. The maximum Gasteiger partial charge on any atom is 0.222 e. The van der Waals surface area contributed by atoms with E-state index >= 15 is 0 Å². The Morgan fingerprint density at radius 1 is 1.12 bits per heavy atom. The normalized spacial score (nSPS) is 16.5. The average molecular weight is 436 g/mol. The summed E-state index contributed by atoms with van der Waals surface area (Å²) in [4.78, 5) is 44.2. The molecule has 0 atom stereocenters. The molecule has 0 saturated carbocycles. The van der Waals surface area contributed by atoms with Gasteiger partial charge in [-0.15, -0.1) is 0 Å². The average Bonchev–Trinajstić information content (AvgIpc) is 3.20. The Balaban J connectivity index is 1.23. The summed E-state index contributed by atoms with van der Waals surface area (Å²) in [6.07, 6.45) is 5.32. The highest BCUT2D eigenvalue weighted by Crippen LogP contribution is 2.28. The lowest BCUT2D eigenvalue weighted by Crippen LogP contribution is -2.40. The summed E-state index contributed by atoms with van der Waals surface area (Å²) < 4.78 is 7.00. The van der Waals surface area contributed by atoms with Crippen LogP contribution in [-0.4, -0.2) is 52.9 Å². The van der Waals surface area contributed by atoms with Crippen LogP contribution in [0, 0.1) is 5.92 Å². The number of amides is 1. The van der Waals surface area contributed by atoms with Crippen LogP contribution < -0.4 is 4.74 Å². The molecule has 1 saturated heterocycles. The molecule has 2 aliphatic heterocycles. The molecule has 0 spiro atoms. The van der Waals surface area contributed by atoms with E-state index < -0.39 is 0 Å². The quantitative estimate of drug-likeness (QED) is 0.616. The van der Waals surface area contributed by atoms with Crippen LogP contribution in [0.2, 0.25) is 0 Å². The van der Waals surface area contributed by atoms with Crippen LogP contribution >= 0.6 is 0 Å². The predicted molar refractivity (Wildman–Crippen MR) is 122 cm³/mol. The number of piperidine rings is 1. The molecule has 4 rings (SSSR count). The molecule has 0 aliphatic carbocycles. The van der Waals surface area contributed by atoms with E-state index in [0.717, 1.165) is 11.5 Å². The maximum absolute atomic E-state index is 12.8. The minimum atomic E-state index is -0.0467. The molecule has 2 aliphatic rings. The molecule has 0 N–H and O–H groups in total. The Morgan fingerprint density at radius 3 is 2.53 bits per heavy atom. The zero-order valence-corrected chi connectivity index (χ0v) is 18.7. The summed E-state index contributed by atoms with van der Waals surface area (Å²) in [6.45, 7) is 1.22. The monoisotopic (exact) mass is 435 g/mol. The fourth-order valence-electron chi connectivity index (χ4n) is 4.48. The van der Waals surface area contributed by atoms with E-state index in [1.165, 1.54) is 0 Å². The zero-order chi connectivity index (χ0) is 22.7. The van der Waals surface area contributed by atoms with Gasteiger partial charge in [-0.3, -0.25) is 14.4 Å². The molecule has 1 fully saturated rings. The molecular weight excluding hydrogens is 406 g/mol. The Hall–Kier alpha value is -3.22. The van der Waals surface area contributed by atoms with Gasteiger partial charge >= 0.3 is 0 Å². The largest absolute Gasteiger partial charge is 0.497 e. The second kappa shape index (κ2) is 9.51. The number of fused-ring (bicyclic) bond motifs is 1. The molecule has 2 aromatic rings. The third kappa shape index (κ3) is 4.66. The van der Waals surface area contributed by atoms with Crippen LogP contribution in [0.25, 0.3) is 0 Å². The number of aromatic nitrogens is 1. The predicted octanol–water partition coefficient (Wildman–Crippen LogP) is 3.98. The van der Waals surface area contributed by atoms with E-state index in [4.69, 9.17) is 4.74 Å². The number of rotatable bonds is 7. The van der Waals surface area contributed by atoms with Crippen LogP contribution in [0.5, 0.6) is 5.75 Å². The topological polar surface area (TPSA) is 81.0 Å². The molecule has 32 heavy (non-hydrogen) atoms. The van der Waals surface area contributed by atoms with E-state index in [0.29, 0.717) is 68.6 Å². The number of carbonyl (C=O) groups is 3. The zero-order valence-electron chi connectivity index (χ0n) is 18.7. The Morgan fingerprint density at radius 2 is 1.84 bits per heavy atom. The highest BCUT2D eigenvalue weighted by Gasteiger charge is 2.28. The Labute approximate surface area is 188 Å². The Bertz CT molecular complexity index is 1040. The number of aryl methyl sites for hydroxylation is 1. The molecule has 0 radical (unpaired) electrons. The fraction of sp³-hybridized carbons (Fsp3) is 0.440. The number of hydrogen-bond acceptors (Lipinski definition) is 5. The first-order valence-corrected chi connectivity index (χ1v) is 11.2. The number of methoxy groups -OCH3 is 1. The number of nitrogens with zero attached hydrogens (tertiary/aromatic N) is 3.